The molecular weight excluding hydrogens is 257 g/mol. The van der Waals surface area contributed by atoms with Crippen molar-refractivity contribution in [3.05, 3.63) is 46.1 Å². The van der Waals surface area contributed by atoms with Crippen LogP contribution in [0.5, 0.6) is 0 Å². The molecule has 1 fully saturated rings. The summed E-state index contributed by atoms with van der Waals surface area (Å²) in [6, 6.07) is 7.36. The van der Waals surface area contributed by atoms with E-state index in [1.165, 1.54) is 6.08 Å². The summed E-state index contributed by atoms with van der Waals surface area (Å²) in [6.45, 7) is 7.96. The lowest BCUT2D eigenvalue weighted by molar-refractivity contribution is -0.400. The molecule has 0 atom stereocenters. The van der Waals surface area contributed by atoms with Gasteiger partial charge in [-0.05, 0) is 38.7 Å². The first-order valence-corrected chi connectivity index (χ1v) is 6.49. The molecule has 106 valence electrons. The van der Waals surface area contributed by atoms with Gasteiger partial charge in [0.25, 0.3) is 0 Å². The van der Waals surface area contributed by atoms with E-state index >= 15 is 0 Å². The monoisotopic (exact) mass is 275 g/mol. The average molecular weight is 275 g/mol. The third-order valence-electron chi connectivity index (χ3n) is 3.82. The zero-order valence-electron chi connectivity index (χ0n) is 12.1. The van der Waals surface area contributed by atoms with Gasteiger partial charge in [-0.15, -0.1) is 0 Å². The molecule has 0 aliphatic carbocycles. The minimum atomic E-state index is -0.485. The van der Waals surface area contributed by atoms with Crippen LogP contribution in [0.15, 0.2) is 30.5 Å². The Balaban J connectivity index is 2.23. The third kappa shape index (κ3) is 2.91. The lowest BCUT2D eigenvalue weighted by atomic mass is 9.78. The lowest BCUT2D eigenvalue weighted by Crippen LogP contribution is -2.41. The van der Waals surface area contributed by atoms with Crippen LogP contribution in [-0.2, 0) is 9.31 Å². The Morgan fingerprint density at radius 2 is 1.80 bits per heavy atom. The summed E-state index contributed by atoms with van der Waals surface area (Å²) in [4.78, 5) is 9.87. The van der Waals surface area contributed by atoms with E-state index < -0.39 is 23.2 Å². The van der Waals surface area contributed by atoms with E-state index in [1.807, 2.05) is 45.9 Å². The van der Waals surface area contributed by atoms with Gasteiger partial charge < -0.3 is 9.31 Å². The molecule has 1 heterocycles. The molecule has 20 heavy (non-hydrogen) atoms. The molecule has 1 aromatic carbocycles. The Labute approximate surface area is 118 Å². The highest BCUT2D eigenvalue weighted by molar-refractivity contribution is 6.62. The fourth-order valence-corrected chi connectivity index (χ4v) is 1.94. The van der Waals surface area contributed by atoms with Crippen LogP contribution in [0.2, 0.25) is 0 Å². The largest absolute Gasteiger partial charge is 0.494 e. The summed E-state index contributed by atoms with van der Waals surface area (Å²) in [5, 5.41) is 10.4. The van der Waals surface area contributed by atoms with Gasteiger partial charge in [0.2, 0.25) is 6.20 Å². The van der Waals surface area contributed by atoms with Crippen molar-refractivity contribution in [2.45, 2.75) is 38.9 Å². The Morgan fingerprint density at radius 1 is 1.20 bits per heavy atom. The maximum atomic E-state index is 10.4. The first-order valence-electron chi connectivity index (χ1n) is 6.49. The highest BCUT2D eigenvalue weighted by Crippen LogP contribution is 2.36. The van der Waals surface area contributed by atoms with Gasteiger partial charge in [0, 0.05) is 6.08 Å². The zero-order valence-corrected chi connectivity index (χ0v) is 12.1. The molecule has 5 nitrogen and oxygen atoms in total. The first kappa shape index (κ1) is 14.7. The summed E-state index contributed by atoms with van der Waals surface area (Å²) < 4.78 is 11.9. The van der Waals surface area contributed by atoms with E-state index in [9.17, 15) is 10.1 Å². The quantitative estimate of drug-likeness (QED) is 0.482. The van der Waals surface area contributed by atoms with Gasteiger partial charge >= 0.3 is 7.12 Å². The smallest absolute Gasteiger partial charge is 0.399 e. The Hall–Kier alpha value is -1.66. The second-order valence-electron chi connectivity index (χ2n) is 5.86. The maximum absolute atomic E-state index is 10.4. The molecule has 6 heteroatoms. The second kappa shape index (κ2) is 5.03. The van der Waals surface area contributed by atoms with Crippen molar-refractivity contribution in [3.63, 3.8) is 0 Å². The number of hydrogen-bond donors (Lipinski definition) is 0. The molecule has 2 rings (SSSR count). The van der Waals surface area contributed by atoms with Crippen LogP contribution in [0.4, 0.5) is 0 Å². The van der Waals surface area contributed by atoms with E-state index in [-0.39, 0.29) is 0 Å². The molecule has 0 spiro atoms. The Kier molecular flexibility index (Phi) is 3.71. The molecule has 0 amide bonds. The lowest BCUT2D eigenvalue weighted by Gasteiger charge is -2.32. The Morgan fingerprint density at radius 3 is 2.35 bits per heavy atom. The van der Waals surface area contributed by atoms with Crippen LogP contribution in [0.1, 0.15) is 33.3 Å². The number of benzene rings is 1. The first-order chi connectivity index (χ1) is 9.21. The van der Waals surface area contributed by atoms with Gasteiger partial charge in [-0.2, -0.15) is 0 Å². The van der Waals surface area contributed by atoms with Crippen molar-refractivity contribution in [2.24, 2.45) is 0 Å². The van der Waals surface area contributed by atoms with E-state index in [4.69, 9.17) is 9.31 Å². The number of nitrogens with zero attached hydrogens (tertiary/aromatic N) is 1. The molecule has 0 aromatic heterocycles. The molecule has 0 bridgehead atoms. The van der Waals surface area contributed by atoms with Gasteiger partial charge in [-0.25, -0.2) is 0 Å². The molecule has 0 radical (unpaired) electrons. The van der Waals surface area contributed by atoms with Crippen molar-refractivity contribution < 1.29 is 14.2 Å². The standard InChI is InChI=1S/C14H18BNO4/c1-13(2)14(3,4)20-15(19-13)12-7-5-6-11(10-12)8-9-16(17)18/h5-10H,1-4H3/b9-8+. The molecule has 0 unspecified atom stereocenters. The summed E-state index contributed by atoms with van der Waals surface area (Å²) in [5.41, 5.74) is 0.803. The normalized spacial score (nSPS) is 20.5. The Bertz CT molecular complexity index is 538. The molecule has 0 saturated carbocycles. The minimum Gasteiger partial charge on any atom is -0.399 e. The van der Waals surface area contributed by atoms with Gasteiger partial charge in [0.15, 0.2) is 0 Å². The number of nitro groups is 1. The predicted octanol–water partition coefficient (Wildman–Crippen LogP) is 2.23. The molecule has 1 aliphatic rings. The van der Waals surface area contributed by atoms with Gasteiger partial charge in [0.05, 0.1) is 16.1 Å². The predicted molar refractivity (Wildman–Crippen MR) is 78.2 cm³/mol. The molecular formula is C14H18BNO4. The van der Waals surface area contributed by atoms with Crippen molar-refractivity contribution in [1.82, 2.24) is 0 Å². The number of hydrogen-bond acceptors (Lipinski definition) is 4. The summed E-state index contributed by atoms with van der Waals surface area (Å²) in [5.74, 6) is 0. The third-order valence-corrected chi connectivity index (χ3v) is 3.82. The van der Waals surface area contributed by atoms with E-state index in [1.54, 1.807) is 6.07 Å². The van der Waals surface area contributed by atoms with Crippen LogP contribution >= 0.6 is 0 Å². The minimum absolute atomic E-state index is 0.398. The highest BCUT2D eigenvalue weighted by atomic mass is 16.7. The second-order valence-corrected chi connectivity index (χ2v) is 5.86. The molecule has 0 N–H and O–H groups in total. The van der Waals surface area contributed by atoms with Crippen molar-refractivity contribution >= 4 is 18.7 Å². The van der Waals surface area contributed by atoms with Crippen LogP contribution in [0.3, 0.4) is 0 Å². The topological polar surface area (TPSA) is 61.6 Å². The highest BCUT2D eigenvalue weighted by Gasteiger charge is 2.51. The van der Waals surface area contributed by atoms with Crippen LogP contribution < -0.4 is 5.46 Å². The summed E-state index contributed by atoms with van der Waals surface area (Å²) in [7, 11) is -0.455. The maximum Gasteiger partial charge on any atom is 0.494 e. The fourth-order valence-electron chi connectivity index (χ4n) is 1.94. The van der Waals surface area contributed by atoms with Crippen molar-refractivity contribution in [2.75, 3.05) is 0 Å². The van der Waals surface area contributed by atoms with Crippen LogP contribution in [-0.4, -0.2) is 23.2 Å². The SMILES string of the molecule is CC1(C)OB(c2cccc(/C=C/[N+](=O)[O-])c2)OC1(C)C. The van der Waals surface area contributed by atoms with E-state index in [2.05, 4.69) is 0 Å². The average Bonchev–Trinajstić information content (AvgIpc) is 2.56. The molecule has 1 aromatic rings. The van der Waals surface area contributed by atoms with E-state index in [0.29, 0.717) is 0 Å². The van der Waals surface area contributed by atoms with Gasteiger partial charge in [-0.3, -0.25) is 10.1 Å². The van der Waals surface area contributed by atoms with Crippen LogP contribution in [0.25, 0.3) is 6.08 Å². The number of rotatable bonds is 3. The van der Waals surface area contributed by atoms with Crippen molar-refractivity contribution in [3.8, 4) is 0 Å². The van der Waals surface area contributed by atoms with Gasteiger partial charge in [-0.1, -0.05) is 24.3 Å². The van der Waals surface area contributed by atoms with Crippen LogP contribution in [0, 0.1) is 10.1 Å². The fraction of sp³-hybridized carbons (Fsp3) is 0.429. The molecule has 1 saturated heterocycles. The van der Waals surface area contributed by atoms with Crippen molar-refractivity contribution in [1.29, 1.82) is 0 Å². The van der Waals surface area contributed by atoms with E-state index in [0.717, 1.165) is 17.2 Å². The summed E-state index contributed by atoms with van der Waals surface area (Å²) in [6.07, 6.45) is 2.37. The summed E-state index contributed by atoms with van der Waals surface area (Å²) >= 11 is 0. The van der Waals surface area contributed by atoms with Gasteiger partial charge in [0.1, 0.15) is 0 Å². The molecule has 1 aliphatic heterocycles. The zero-order chi connectivity index (χ0) is 15.0.